The minimum Gasteiger partial charge on any atom is -0.507 e. The molecule has 0 unspecified atom stereocenters. The molecule has 0 spiro atoms. The van der Waals surface area contributed by atoms with E-state index >= 15 is 0 Å². The third-order valence-corrected chi connectivity index (χ3v) is 7.06. The molecule has 0 amide bonds. The lowest BCUT2D eigenvalue weighted by Gasteiger charge is -2.14. The van der Waals surface area contributed by atoms with Crippen LogP contribution in [0.4, 0.5) is 5.69 Å². The predicted molar refractivity (Wildman–Crippen MR) is 97.5 cm³/mol. The number of anilines is 1. The lowest BCUT2D eigenvalue weighted by Crippen LogP contribution is -2.14. The van der Waals surface area contributed by atoms with E-state index in [9.17, 15) is 27.0 Å². The van der Waals surface area contributed by atoms with Gasteiger partial charge in [-0.2, -0.15) is 0 Å². The Morgan fingerprint density at radius 2 is 1.72 bits per heavy atom. The van der Waals surface area contributed by atoms with Gasteiger partial charge in [-0.1, -0.05) is 34.5 Å². The molecule has 0 aromatic heterocycles. The standard InChI is InChI=1S/C14H13BrClNO6S2/c1-2-24(20,21)13-7-9(16)6-10(14(13)19)17-25(22,23)12-5-8(15)3-4-11(12)18/h3-7,17-19H,2H2,1H3. The zero-order chi connectivity index (χ0) is 19.0. The van der Waals surface area contributed by atoms with E-state index in [1.807, 2.05) is 4.72 Å². The Kier molecular flexibility index (Phi) is 5.57. The van der Waals surface area contributed by atoms with Gasteiger partial charge in [-0.15, -0.1) is 0 Å². The number of aromatic hydroxyl groups is 2. The van der Waals surface area contributed by atoms with Gasteiger partial charge in [-0.3, -0.25) is 4.72 Å². The first-order valence-corrected chi connectivity index (χ1v) is 11.0. The van der Waals surface area contributed by atoms with Gasteiger partial charge in [0.1, 0.15) is 15.5 Å². The Morgan fingerprint density at radius 3 is 2.32 bits per heavy atom. The van der Waals surface area contributed by atoms with Gasteiger partial charge in [-0.25, -0.2) is 16.8 Å². The normalized spacial score (nSPS) is 12.1. The molecule has 11 heteroatoms. The van der Waals surface area contributed by atoms with Gasteiger partial charge in [0.2, 0.25) is 0 Å². The minimum atomic E-state index is -4.32. The van der Waals surface area contributed by atoms with E-state index < -0.39 is 46.8 Å². The van der Waals surface area contributed by atoms with Crippen molar-refractivity contribution in [1.29, 1.82) is 0 Å². The second-order valence-electron chi connectivity index (χ2n) is 4.92. The molecule has 2 aromatic rings. The van der Waals surface area contributed by atoms with E-state index in [1.54, 1.807) is 0 Å². The summed E-state index contributed by atoms with van der Waals surface area (Å²) in [6, 6.07) is 5.87. The highest BCUT2D eigenvalue weighted by Gasteiger charge is 2.25. The number of hydrogen-bond donors (Lipinski definition) is 3. The van der Waals surface area contributed by atoms with Crippen LogP contribution in [-0.2, 0) is 19.9 Å². The summed E-state index contributed by atoms with van der Waals surface area (Å²) in [7, 11) is -8.15. The molecule has 0 aliphatic carbocycles. The van der Waals surface area contributed by atoms with E-state index in [1.165, 1.54) is 19.1 Å². The van der Waals surface area contributed by atoms with Crippen molar-refractivity contribution in [3.05, 3.63) is 39.8 Å². The summed E-state index contributed by atoms with van der Waals surface area (Å²) in [5.74, 6) is -1.59. The predicted octanol–water partition coefficient (Wildman–Crippen LogP) is 3.11. The zero-order valence-electron chi connectivity index (χ0n) is 12.7. The fourth-order valence-corrected chi connectivity index (χ4v) is 4.95. The van der Waals surface area contributed by atoms with Crippen molar-refractivity contribution < 1.29 is 27.0 Å². The van der Waals surface area contributed by atoms with E-state index in [0.29, 0.717) is 4.47 Å². The number of rotatable bonds is 5. The molecule has 0 radical (unpaired) electrons. The first-order chi connectivity index (χ1) is 11.5. The van der Waals surface area contributed by atoms with Crippen LogP contribution in [0.5, 0.6) is 11.5 Å². The smallest absolute Gasteiger partial charge is 0.265 e. The number of phenolic OH excluding ortho intramolecular Hbond substituents is 2. The van der Waals surface area contributed by atoms with Crippen LogP contribution in [0.1, 0.15) is 6.92 Å². The Bertz CT molecular complexity index is 1040. The van der Waals surface area contributed by atoms with Crippen molar-refractivity contribution >= 4 is 53.1 Å². The molecule has 0 aliphatic heterocycles. The monoisotopic (exact) mass is 469 g/mol. The maximum atomic E-state index is 12.5. The summed E-state index contributed by atoms with van der Waals surface area (Å²) >= 11 is 8.94. The van der Waals surface area contributed by atoms with E-state index in [2.05, 4.69) is 15.9 Å². The Balaban J connectivity index is 2.59. The van der Waals surface area contributed by atoms with Crippen LogP contribution in [0.25, 0.3) is 0 Å². The number of sulfone groups is 1. The minimum absolute atomic E-state index is 0.0824. The number of phenols is 2. The molecule has 0 fully saturated rings. The first-order valence-electron chi connectivity index (χ1n) is 6.74. The highest BCUT2D eigenvalue weighted by atomic mass is 79.9. The van der Waals surface area contributed by atoms with Crippen molar-refractivity contribution in [3.8, 4) is 11.5 Å². The Morgan fingerprint density at radius 1 is 1.08 bits per heavy atom. The zero-order valence-corrected chi connectivity index (χ0v) is 16.7. The van der Waals surface area contributed by atoms with Crippen molar-refractivity contribution in [2.24, 2.45) is 0 Å². The van der Waals surface area contributed by atoms with Crippen LogP contribution in [0, 0.1) is 0 Å². The molecular formula is C14H13BrClNO6S2. The third-order valence-electron chi connectivity index (χ3n) is 3.21. The largest absolute Gasteiger partial charge is 0.507 e. The van der Waals surface area contributed by atoms with Gasteiger partial charge in [0.15, 0.2) is 15.6 Å². The molecule has 2 rings (SSSR count). The number of halogens is 2. The second kappa shape index (κ2) is 7.02. The number of sulfonamides is 1. The number of hydrogen-bond acceptors (Lipinski definition) is 6. The quantitative estimate of drug-likeness (QED) is 0.577. The maximum Gasteiger partial charge on any atom is 0.265 e. The van der Waals surface area contributed by atoms with Gasteiger partial charge >= 0.3 is 0 Å². The summed E-state index contributed by atoms with van der Waals surface area (Å²) in [6.07, 6.45) is 0. The van der Waals surface area contributed by atoms with Crippen LogP contribution in [0.2, 0.25) is 5.02 Å². The second-order valence-corrected chi connectivity index (χ2v) is 10.2. The molecule has 7 nitrogen and oxygen atoms in total. The summed E-state index contributed by atoms with van der Waals surface area (Å²) in [4.78, 5) is -0.945. The Hall–Kier alpha value is -1.49. The molecular weight excluding hydrogens is 458 g/mol. The molecule has 0 heterocycles. The highest BCUT2D eigenvalue weighted by Crippen LogP contribution is 2.37. The van der Waals surface area contributed by atoms with Crippen LogP contribution in [0.3, 0.4) is 0 Å². The van der Waals surface area contributed by atoms with Crippen LogP contribution in [0.15, 0.2) is 44.6 Å². The van der Waals surface area contributed by atoms with Crippen molar-refractivity contribution in [2.45, 2.75) is 16.7 Å². The van der Waals surface area contributed by atoms with Gasteiger partial charge in [0.25, 0.3) is 10.0 Å². The SMILES string of the molecule is CCS(=O)(=O)c1cc(Cl)cc(NS(=O)(=O)c2cc(Br)ccc2O)c1O. The summed E-state index contributed by atoms with van der Waals surface area (Å²) in [6.45, 7) is 1.37. The first kappa shape index (κ1) is 19.8. The summed E-state index contributed by atoms with van der Waals surface area (Å²) in [5.41, 5.74) is -0.418. The molecule has 0 atom stereocenters. The fraction of sp³-hybridized carbons (Fsp3) is 0.143. The lowest BCUT2D eigenvalue weighted by molar-refractivity contribution is 0.457. The number of nitrogens with one attached hydrogen (secondary N) is 1. The molecule has 0 bridgehead atoms. The molecule has 136 valence electrons. The van der Waals surface area contributed by atoms with Crippen molar-refractivity contribution in [2.75, 3.05) is 10.5 Å². The van der Waals surface area contributed by atoms with Gasteiger partial charge in [0.05, 0.1) is 11.4 Å². The molecule has 2 aromatic carbocycles. The molecule has 3 N–H and O–H groups in total. The van der Waals surface area contributed by atoms with Gasteiger partial charge < -0.3 is 10.2 Å². The van der Waals surface area contributed by atoms with Crippen LogP contribution < -0.4 is 4.72 Å². The molecule has 0 saturated carbocycles. The van der Waals surface area contributed by atoms with Crippen molar-refractivity contribution in [1.82, 2.24) is 0 Å². The maximum absolute atomic E-state index is 12.5. The van der Waals surface area contributed by atoms with E-state index in [-0.39, 0.29) is 10.8 Å². The topological polar surface area (TPSA) is 121 Å². The Labute approximate surface area is 158 Å². The molecule has 0 aliphatic rings. The van der Waals surface area contributed by atoms with E-state index in [0.717, 1.165) is 18.2 Å². The lowest BCUT2D eigenvalue weighted by atomic mass is 10.3. The fourth-order valence-electron chi connectivity index (χ4n) is 1.95. The van der Waals surface area contributed by atoms with Gasteiger partial charge in [-0.05, 0) is 30.3 Å². The van der Waals surface area contributed by atoms with Crippen LogP contribution >= 0.6 is 27.5 Å². The third kappa shape index (κ3) is 4.20. The molecule has 25 heavy (non-hydrogen) atoms. The average molecular weight is 471 g/mol. The van der Waals surface area contributed by atoms with Crippen LogP contribution in [-0.4, -0.2) is 32.8 Å². The van der Waals surface area contributed by atoms with Crippen molar-refractivity contribution in [3.63, 3.8) is 0 Å². The summed E-state index contributed by atoms with van der Waals surface area (Å²) < 4.78 is 51.4. The highest BCUT2D eigenvalue weighted by molar-refractivity contribution is 9.10. The number of benzene rings is 2. The molecule has 0 saturated heterocycles. The average Bonchev–Trinajstić information content (AvgIpc) is 2.52. The van der Waals surface area contributed by atoms with E-state index in [4.69, 9.17) is 11.6 Å². The summed E-state index contributed by atoms with van der Waals surface area (Å²) in [5, 5.41) is 19.9. The van der Waals surface area contributed by atoms with Gasteiger partial charge in [0, 0.05) is 9.50 Å².